The monoisotopic (exact) mass is 241 g/mol. The Hall–Kier alpha value is -1.42. The summed E-state index contributed by atoms with van der Waals surface area (Å²) < 4.78 is 10.7. The highest BCUT2D eigenvalue weighted by atomic mass is 35.5. The Morgan fingerprint density at radius 2 is 2.00 bits per heavy atom. The Morgan fingerprint density at radius 3 is 2.62 bits per heavy atom. The van der Waals surface area contributed by atoms with E-state index < -0.39 is 0 Å². The largest absolute Gasteiger partial charge is 0.486 e. The van der Waals surface area contributed by atoms with Gasteiger partial charge in [-0.25, -0.2) is 0 Å². The first-order chi connectivity index (χ1) is 7.72. The molecule has 0 saturated heterocycles. The van der Waals surface area contributed by atoms with Crippen LogP contribution in [0.3, 0.4) is 0 Å². The highest BCUT2D eigenvalue weighted by Gasteiger charge is 2.18. The van der Waals surface area contributed by atoms with Gasteiger partial charge in [-0.1, -0.05) is 11.6 Å². The Bertz CT molecular complexity index is 420. The Labute approximate surface area is 98.5 Å². The lowest BCUT2D eigenvalue weighted by atomic mass is 10.1. The fourth-order valence-corrected chi connectivity index (χ4v) is 1.73. The molecular formula is C11H12ClNO3. The van der Waals surface area contributed by atoms with Crippen molar-refractivity contribution in [2.75, 3.05) is 19.8 Å². The third-order valence-electron chi connectivity index (χ3n) is 2.21. The molecule has 1 heterocycles. The van der Waals surface area contributed by atoms with Crippen LogP contribution in [0.4, 0.5) is 0 Å². The molecule has 0 unspecified atom stereocenters. The van der Waals surface area contributed by atoms with Crippen LogP contribution in [-0.4, -0.2) is 25.7 Å². The maximum atomic E-state index is 11.7. The van der Waals surface area contributed by atoms with E-state index in [2.05, 4.69) is 5.32 Å². The molecule has 1 amide bonds. The second-order valence-electron chi connectivity index (χ2n) is 3.34. The van der Waals surface area contributed by atoms with Crippen molar-refractivity contribution in [1.29, 1.82) is 0 Å². The third-order valence-corrected chi connectivity index (χ3v) is 2.53. The topological polar surface area (TPSA) is 47.6 Å². The van der Waals surface area contributed by atoms with Crippen LogP contribution in [0.5, 0.6) is 11.5 Å². The second-order valence-corrected chi connectivity index (χ2v) is 3.74. The molecule has 1 aliphatic heterocycles. The molecule has 1 aromatic rings. The molecule has 0 spiro atoms. The maximum Gasteiger partial charge on any atom is 0.252 e. The van der Waals surface area contributed by atoms with Gasteiger partial charge in [-0.05, 0) is 13.0 Å². The van der Waals surface area contributed by atoms with Crippen LogP contribution in [-0.2, 0) is 0 Å². The summed E-state index contributed by atoms with van der Waals surface area (Å²) in [7, 11) is 0. The number of ether oxygens (including phenoxy) is 2. The molecule has 5 heteroatoms. The van der Waals surface area contributed by atoms with E-state index in [0.29, 0.717) is 41.8 Å². The molecule has 0 bridgehead atoms. The van der Waals surface area contributed by atoms with Gasteiger partial charge in [0.25, 0.3) is 5.91 Å². The van der Waals surface area contributed by atoms with Gasteiger partial charge in [0, 0.05) is 12.6 Å². The van der Waals surface area contributed by atoms with E-state index in [0.717, 1.165) is 0 Å². The molecule has 0 atom stereocenters. The van der Waals surface area contributed by atoms with E-state index in [4.69, 9.17) is 21.1 Å². The SMILES string of the molecule is CCNC(=O)c1cc2c(cc1Cl)OCCO2. The molecule has 86 valence electrons. The Balaban J connectivity index is 2.35. The van der Waals surface area contributed by atoms with E-state index >= 15 is 0 Å². The summed E-state index contributed by atoms with van der Waals surface area (Å²) in [6, 6.07) is 3.22. The molecule has 0 aliphatic carbocycles. The smallest absolute Gasteiger partial charge is 0.252 e. The normalized spacial score (nSPS) is 13.4. The van der Waals surface area contributed by atoms with Gasteiger partial charge in [0.1, 0.15) is 13.2 Å². The zero-order valence-corrected chi connectivity index (χ0v) is 9.63. The quantitative estimate of drug-likeness (QED) is 0.860. The standard InChI is InChI=1S/C11H12ClNO3/c1-2-13-11(14)7-5-9-10(6-8(7)12)16-4-3-15-9/h5-6H,2-4H2,1H3,(H,13,14). The van der Waals surface area contributed by atoms with Gasteiger partial charge in [0.05, 0.1) is 10.6 Å². The fourth-order valence-electron chi connectivity index (χ4n) is 1.49. The van der Waals surface area contributed by atoms with Crippen molar-refractivity contribution in [2.45, 2.75) is 6.92 Å². The fraction of sp³-hybridized carbons (Fsp3) is 0.364. The first-order valence-corrected chi connectivity index (χ1v) is 5.47. The second kappa shape index (κ2) is 4.61. The number of benzene rings is 1. The van der Waals surface area contributed by atoms with Crippen molar-refractivity contribution in [3.8, 4) is 11.5 Å². The Morgan fingerprint density at radius 1 is 1.38 bits per heavy atom. The average molecular weight is 242 g/mol. The van der Waals surface area contributed by atoms with Crippen molar-refractivity contribution < 1.29 is 14.3 Å². The lowest BCUT2D eigenvalue weighted by Gasteiger charge is -2.19. The van der Waals surface area contributed by atoms with Crippen LogP contribution < -0.4 is 14.8 Å². The summed E-state index contributed by atoms with van der Waals surface area (Å²) >= 11 is 6.00. The first-order valence-electron chi connectivity index (χ1n) is 5.09. The first kappa shape index (κ1) is 11.1. The van der Waals surface area contributed by atoms with Gasteiger partial charge in [-0.2, -0.15) is 0 Å². The minimum absolute atomic E-state index is 0.204. The number of rotatable bonds is 2. The van der Waals surface area contributed by atoms with Crippen LogP contribution in [0.1, 0.15) is 17.3 Å². The van der Waals surface area contributed by atoms with Crippen LogP contribution in [0, 0.1) is 0 Å². The number of nitrogens with one attached hydrogen (secondary N) is 1. The third kappa shape index (κ3) is 2.07. The highest BCUT2D eigenvalue weighted by molar-refractivity contribution is 6.34. The van der Waals surface area contributed by atoms with Gasteiger partial charge >= 0.3 is 0 Å². The maximum absolute atomic E-state index is 11.7. The molecule has 4 nitrogen and oxygen atoms in total. The lowest BCUT2D eigenvalue weighted by molar-refractivity contribution is 0.0954. The molecule has 0 radical (unpaired) electrons. The van der Waals surface area contributed by atoms with Crippen molar-refractivity contribution >= 4 is 17.5 Å². The van der Waals surface area contributed by atoms with Crippen LogP contribution in [0.25, 0.3) is 0 Å². The predicted molar refractivity (Wildman–Crippen MR) is 60.4 cm³/mol. The van der Waals surface area contributed by atoms with Gasteiger partial charge in [-0.15, -0.1) is 0 Å². The van der Waals surface area contributed by atoms with Gasteiger partial charge < -0.3 is 14.8 Å². The van der Waals surface area contributed by atoms with Crippen LogP contribution in [0.15, 0.2) is 12.1 Å². The number of fused-ring (bicyclic) bond motifs is 1. The van der Waals surface area contributed by atoms with E-state index in [1.54, 1.807) is 12.1 Å². The van der Waals surface area contributed by atoms with Crippen LogP contribution >= 0.6 is 11.6 Å². The minimum atomic E-state index is -0.204. The predicted octanol–water partition coefficient (Wildman–Crippen LogP) is 1.86. The average Bonchev–Trinajstić information content (AvgIpc) is 2.28. The van der Waals surface area contributed by atoms with Crippen molar-refractivity contribution in [3.63, 3.8) is 0 Å². The molecule has 0 aromatic heterocycles. The van der Waals surface area contributed by atoms with Gasteiger partial charge in [0.15, 0.2) is 11.5 Å². The molecule has 2 rings (SSSR count). The van der Waals surface area contributed by atoms with E-state index in [1.807, 2.05) is 6.92 Å². The summed E-state index contributed by atoms with van der Waals surface area (Å²) in [5, 5.41) is 3.06. The lowest BCUT2D eigenvalue weighted by Crippen LogP contribution is -2.23. The molecule has 16 heavy (non-hydrogen) atoms. The summed E-state index contributed by atoms with van der Waals surface area (Å²) in [6.07, 6.45) is 0. The van der Waals surface area contributed by atoms with Crippen molar-refractivity contribution in [1.82, 2.24) is 5.32 Å². The Kier molecular flexibility index (Phi) is 3.19. The highest BCUT2D eigenvalue weighted by Crippen LogP contribution is 2.35. The van der Waals surface area contributed by atoms with Crippen molar-refractivity contribution in [3.05, 3.63) is 22.7 Å². The van der Waals surface area contributed by atoms with Gasteiger partial charge in [-0.3, -0.25) is 4.79 Å². The minimum Gasteiger partial charge on any atom is -0.486 e. The van der Waals surface area contributed by atoms with Crippen molar-refractivity contribution in [2.24, 2.45) is 0 Å². The van der Waals surface area contributed by atoms with Gasteiger partial charge in [0.2, 0.25) is 0 Å². The number of carbonyl (C=O) groups is 1. The number of amides is 1. The molecule has 1 N–H and O–H groups in total. The molecule has 0 fully saturated rings. The molecule has 0 saturated carbocycles. The molecule has 1 aromatic carbocycles. The van der Waals surface area contributed by atoms with E-state index in [9.17, 15) is 4.79 Å². The van der Waals surface area contributed by atoms with Crippen LogP contribution in [0.2, 0.25) is 5.02 Å². The zero-order valence-electron chi connectivity index (χ0n) is 8.88. The summed E-state index contributed by atoms with van der Waals surface area (Å²) in [6.45, 7) is 3.40. The number of hydrogen-bond acceptors (Lipinski definition) is 3. The molecular weight excluding hydrogens is 230 g/mol. The van der Waals surface area contributed by atoms with E-state index in [-0.39, 0.29) is 5.91 Å². The summed E-state index contributed by atoms with van der Waals surface area (Å²) in [4.78, 5) is 11.7. The summed E-state index contributed by atoms with van der Waals surface area (Å²) in [5.74, 6) is 0.950. The van der Waals surface area contributed by atoms with E-state index in [1.165, 1.54) is 0 Å². The molecule has 1 aliphatic rings. The zero-order chi connectivity index (χ0) is 11.5. The number of hydrogen-bond donors (Lipinski definition) is 1. The number of halogens is 1. The summed E-state index contributed by atoms with van der Waals surface area (Å²) in [5.41, 5.74) is 0.410. The number of carbonyl (C=O) groups excluding carboxylic acids is 1.